The fraction of sp³-hybridized carbons (Fsp3) is 0.250. The third-order valence-corrected chi connectivity index (χ3v) is 5.64. The lowest BCUT2D eigenvalue weighted by molar-refractivity contribution is 0.101. The van der Waals surface area contributed by atoms with Gasteiger partial charge < -0.3 is 9.64 Å². The van der Waals surface area contributed by atoms with E-state index in [1.807, 2.05) is 11.6 Å². The highest BCUT2D eigenvalue weighted by Gasteiger charge is 2.27. The van der Waals surface area contributed by atoms with Crippen LogP contribution in [0.3, 0.4) is 0 Å². The zero-order valence-electron chi connectivity index (χ0n) is 12.0. The van der Waals surface area contributed by atoms with Crippen LogP contribution in [0.2, 0.25) is 0 Å². The van der Waals surface area contributed by atoms with E-state index in [0.29, 0.717) is 5.69 Å². The van der Waals surface area contributed by atoms with E-state index in [1.54, 1.807) is 18.7 Å². The van der Waals surface area contributed by atoms with Crippen molar-refractivity contribution in [3.05, 3.63) is 52.0 Å². The lowest BCUT2D eigenvalue weighted by Crippen LogP contribution is -2.17. The first-order chi connectivity index (χ1) is 10.7. The van der Waals surface area contributed by atoms with Crippen molar-refractivity contribution in [1.29, 1.82) is 0 Å². The van der Waals surface area contributed by atoms with Gasteiger partial charge in [-0.25, -0.2) is 4.98 Å². The number of ether oxygens (including phenoxy) is 1. The molecule has 0 radical (unpaired) electrons. The molecule has 0 bridgehead atoms. The van der Waals surface area contributed by atoms with Gasteiger partial charge in [0.05, 0.1) is 6.61 Å². The predicted molar refractivity (Wildman–Crippen MR) is 89.7 cm³/mol. The number of hydrogen-bond acceptors (Lipinski definition) is 6. The number of benzene rings is 1. The molecular formula is C16H14N2O2S2. The van der Waals surface area contributed by atoms with Crippen molar-refractivity contribution in [2.45, 2.75) is 18.7 Å². The summed E-state index contributed by atoms with van der Waals surface area (Å²) in [6.07, 6.45) is 3.00. The Labute approximate surface area is 136 Å². The topological polar surface area (TPSA) is 42.4 Å². The first-order valence-electron chi connectivity index (χ1n) is 7.05. The van der Waals surface area contributed by atoms with Crippen LogP contribution in [-0.4, -0.2) is 17.4 Å². The number of thioether (sulfide) groups is 1. The average Bonchev–Trinajstić information content (AvgIpc) is 3.25. The second kappa shape index (κ2) is 5.44. The molecule has 112 valence electrons. The van der Waals surface area contributed by atoms with Crippen molar-refractivity contribution in [3.63, 3.8) is 0 Å². The maximum atomic E-state index is 11.4. The minimum absolute atomic E-state index is 0.00422. The number of Topliss-reactive ketones (excluding diaryl/α,β-unsaturated/α-hetero) is 1. The molecule has 4 rings (SSSR count). The highest BCUT2D eigenvalue weighted by molar-refractivity contribution is 8.02. The summed E-state index contributed by atoms with van der Waals surface area (Å²) in [5, 5.41) is 4.91. The summed E-state index contributed by atoms with van der Waals surface area (Å²) in [6.45, 7) is 2.32. The Morgan fingerprint density at radius 1 is 1.45 bits per heavy atom. The highest BCUT2D eigenvalue weighted by Crippen LogP contribution is 2.44. The highest BCUT2D eigenvalue weighted by atomic mass is 32.2. The van der Waals surface area contributed by atoms with Crippen LogP contribution in [0.4, 0.5) is 5.13 Å². The van der Waals surface area contributed by atoms with E-state index in [-0.39, 0.29) is 11.2 Å². The van der Waals surface area contributed by atoms with Crippen molar-refractivity contribution in [3.8, 4) is 5.75 Å². The Morgan fingerprint density at radius 3 is 3.18 bits per heavy atom. The minimum Gasteiger partial charge on any atom is -0.493 e. The molecule has 0 saturated heterocycles. The quantitative estimate of drug-likeness (QED) is 0.796. The summed E-state index contributed by atoms with van der Waals surface area (Å²) < 4.78 is 5.57. The van der Waals surface area contributed by atoms with Crippen LogP contribution < -0.4 is 9.64 Å². The summed E-state index contributed by atoms with van der Waals surface area (Å²) in [5.74, 6) is 1.00. The fourth-order valence-electron chi connectivity index (χ4n) is 2.63. The molecule has 4 nitrogen and oxygen atoms in total. The van der Waals surface area contributed by atoms with Gasteiger partial charge in [-0.1, -0.05) is 6.07 Å². The van der Waals surface area contributed by atoms with Crippen LogP contribution in [-0.2, 0) is 6.42 Å². The third-order valence-electron chi connectivity index (χ3n) is 3.75. The molecule has 6 heteroatoms. The molecule has 0 spiro atoms. The Bertz CT molecular complexity index is 769. The number of hydrogen-bond donors (Lipinski definition) is 0. The molecule has 2 aromatic rings. The summed E-state index contributed by atoms with van der Waals surface area (Å²) >= 11 is 3.25. The van der Waals surface area contributed by atoms with Crippen molar-refractivity contribution >= 4 is 34.0 Å². The van der Waals surface area contributed by atoms with Crippen molar-refractivity contribution in [2.75, 3.05) is 11.5 Å². The van der Waals surface area contributed by atoms with Crippen LogP contribution in [0, 0.1) is 0 Å². The molecule has 2 aliphatic heterocycles. The largest absolute Gasteiger partial charge is 0.493 e. The number of thiazole rings is 1. The van der Waals surface area contributed by atoms with Crippen LogP contribution in [0.25, 0.3) is 0 Å². The summed E-state index contributed by atoms with van der Waals surface area (Å²) in [6, 6.07) is 6.39. The minimum atomic E-state index is 0.00422. The standard InChI is InChI=1S/C16H14N2O2S2/c1-10(19)13-9-22-16(17-13)18-5-7-21-15(18)12-2-3-14-11(8-12)4-6-20-14/h2-3,5,7-9,15H,4,6H2,1H3. The normalized spacial score (nSPS) is 19.3. The van der Waals surface area contributed by atoms with Crippen molar-refractivity contribution < 1.29 is 9.53 Å². The van der Waals surface area contributed by atoms with E-state index in [1.165, 1.54) is 22.5 Å². The molecule has 0 N–H and O–H groups in total. The van der Waals surface area contributed by atoms with Crippen LogP contribution in [0.15, 0.2) is 35.2 Å². The Morgan fingerprint density at radius 2 is 2.36 bits per heavy atom. The number of nitrogens with zero attached hydrogens (tertiary/aromatic N) is 2. The van der Waals surface area contributed by atoms with Gasteiger partial charge in [-0.2, -0.15) is 0 Å². The van der Waals surface area contributed by atoms with Crippen LogP contribution in [0.1, 0.15) is 33.9 Å². The maximum absolute atomic E-state index is 11.4. The number of ketones is 1. The van der Waals surface area contributed by atoms with E-state index in [4.69, 9.17) is 4.74 Å². The molecule has 22 heavy (non-hydrogen) atoms. The molecular weight excluding hydrogens is 316 g/mol. The number of anilines is 1. The van der Waals surface area contributed by atoms with E-state index < -0.39 is 0 Å². The van der Waals surface area contributed by atoms with Crippen molar-refractivity contribution in [2.24, 2.45) is 0 Å². The summed E-state index contributed by atoms with van der Waals surface area (Å²) in [7, 11) is 0. The predicted octanol–water partition coefficient (Wildman–Crippen LogP) is 4.00. The molecule has 3 heterocycles. The van der Waals surface area contributed by atoms with E-state index in [0.717, 1.165) is 23.9 Å². The molecule has 1 unspecified atom stereocenters. The Hall–Kier alpha value is -1.79. The van der Waals surface area contributed by atoms with E-state index in [2.05, 4.69) is 33.5 Å². The molecule has 0 amide bonds. The van der Waals surface area contributed by atoms with Gasteiger partial charge in [-0.3, -0.25) is 4.79 Å². The summed E-state index contributed by atoms with van der Waals surface area (Å²) in [5.41, 5.74) is 3.04. The molecule has 1 atom stereocenters. The van der Waals surface area contributed by atoms with Gasteiger partial charge >= 0.3 is 0 Å². The number of rotatable bonds is 3. The first kappa shape index (κ1) is 13.8. The van der Waals surface area contributed by atoms with Crippen LogP contribution >= 0.6 is 23.1 Å². The Kier molecular flexibility index (Phi) is 3.43. The zero-order valence-corrected chi connectivity index (χ0v) is 13.6. The van der Waals surface area contributed by atoms with Gasteiger partial charge in [0, 0.05) is 24.9 Å². The van der Waals surface area contributed by atoms with Gasteiger partial charge in [0.1, 0.15) is 16.8 Å². The number of carbonyl (C=O) groups is 1. The van der Waals surface area contributed by atoms with Gasteiger partial charge in [0.25, 0.3) is 0 Å². The van der Waals surface area contributed by atoms with Gasteiger partial charge in [-0.15, -0.1) is 23.1 Å². The second-order valence-electron chi connectivity index (χ2n) is 5.22. The molecule has 0 saturated carbocycles. The van der Waals surface area contributed by atoms with Crippen molar-refractivity contribution in [1.82, 2.24) is 4.98 Å². The second-order valence-corrected chi connectivity index (χ2v) is 7.05. The molecule has 1 aromatic heterocycles. The SMILES string of the molecule is CC(=O)c1csc(N2C=CSC2c2ccc3c(c2)CCO3)n1. The zero-order chi connectivity index (χ0) is 15.1. The third kappa shape index (κ3) is 2.32. The van der Waals surface area contributed by atoms with Gasteiger partial charge in [0.2, 0.25) is 0 Å². The number of aromatic nitrogens is 1. The smallest absolute Gasteiger partial charge is 0.191 e. The fourth-order valence-corrected chi connectivity index (χ4v) is 4.52. The Balaban J connectivity index is 1.65. The lowest BCUT2D eigenvalue weighted by atomic mass is 10.1. The van der Waals surface area contributed by atoms with Gasteiger partial charge in [0.15, 0.2) is 10.9 Å². The van der Waals surface area contributed by atoms with Crippen LogP contribution in [0.5, 0.6) is 5.75 Å². The molecule has 0 aliphatic carbocycles. The van der Waals surface area contributed by atoms with E-state index >= 15 is 0 Å². The van der Waals surface area contributed by atoms with E-state index in [9.17, 15) is 4.79 Å². The molecule has 0 fully saturated rings. The lowest BCUT2D eigenvalue weighted by Gasteiger charge is -2.22. The number of fused-ring (bicyclic) bond motifs is 1. The first-order valence-corrected chi connectivity index (χ1v) is 8.87. The average molecular weight is 330 g/mol. The maximum Gasteiger partial charge on any atom is 0.191 e. The van der Waals surface area contributed by atoms with Gasteiger partial charge in [-0.05, 0) is 28.7 Å². The summed E-state index contributed by atoms with van der Waals surface area (Å²) in [4.78, 5) is 18.0. The molecule has 2 aliphatic rings. The molecule has 1 aromatic carbocycles. The monoisotopic (exact) mass is 330 g/mol. The number of carbonyl (C=O) groups excluding carboxylic acids is 1.